The third-order valence-electron chi connectivity index (χ3n) is 10.6. The van der Waals surface area contributed by atoms with E-state index >= 15 is 0 Å². The summed E-state index contributed by atoms with van der Waals surface area (Å²) in [5.41, 5.74) is 0. The molecule has 6 nitrogen and oxygen atoms in total. The molecule has 0 heterocycles. The molecule has 0 aliphatic carbocycles. The van der Waals surface area contributed by atoms with Gasteiger partial charge in [-0.25, -0.2) is 0 Å². The summed E-state index contributed by atoms with van der Waals surface area (Å²) in [6, 6.07) is 0. The lowest BCUT2D eigenvalue weighted by Crippen LogP contribution is -2.30. The standard InChI is InChI=1S/C58H94O6/c1-4-7-10-13-16-19-22-25-28-29-30-31-34-36-39-42-45-48-51-57(60)63-54-55(64-58(61)52-49-46-43-40-37-33-27-24-21-18-15-12-9-6-3)53-62-56(59)50-47-44-41-38-35-32-26-23-20-17-14-11-8-5-2/h9-10,12-13,16,18-19,21-22,25,27-33,35,55H,4-8,11,14-15,17,20,23-24,26,34,36-54H2,1-3H3/b12-9-,13-10-,19-16-,21-18-,25-22-,29-28-,31-30-,33-27-,35-32-. The number of esters is 3. The van der Waals surface area contributed by atoms with E-state index in [1.807, 2.05) is 30.4 Å². The molecular formula is C58H94O6. The molecule has 0 aliphatic heterocycles. The third kappa shape index (κ3) is 49.1. The van der Waals surface area contributed by atoms with E-state index in [4.69, 9.17) is 14.2 Å². The summed E-state index contributed by atoms with van der Waals surface area (Å²) < 4.78 is 16.7. The lowest BCUT2D eigenvalue weighted by atomic mass is 10.1. The molecule has 1 unspecified atom stereocenters. The molecule has 0 N–H and O–H groups in total. The summed E-state index contributed by atoms with van der Waals surface area (Å²) in [5, 5.41) is 0. The number of carbonyl (C=O) groups excluding carboxylic acids is 3. The Morgan fingerprint density at radius 1 is 0.344 bits per heavy atom. The molecule has 0 radical (unpaired) electrons. The van der Waals surface area contributed by atoms with Crippen molar-refractivity contribution in [2.75, 3.05) is 13.2 Å². The number of rotatable bonds is 45. The van der Waals surface area contributed by atoms with Gasteiger partial charge < -0.3 is 14.2 Å². The predicted molar refractivity (Wildman–Crippen MR) is 274 cm³/mol. The van der Waals surface area contributed by atoms with Crippen LogP contribution in [0.5, 0.6) is 0 Å². The lowest BCUT2D eigenvalue weighted by molar-refractivity contribution is -0.167. The molecule has 0 aromatic carbocycles. The van der Waals surface area contributed by atoms with Crippen LogP contribution in [0, 0.1) is 0 Å². The summed E-state index contributed by atoms with van der Waals surface area (Å²) in [6.45, 7) is 6.36. The Kier molecular flexibility index (Phi) is 48.5. The Morgan fingerprint density at radius 3 is 1.19 bits per heavy atom. The summed E-state index contributed by atoms with van der Waals surface area (Å²) in [5.74, 6) is -0.973. The predicted octanol–water partition coefficient (Wildman–Crippen LogP) is 17.1. The van der Waals surface area contributed by atoms with Gasteiger partial charge in [0.2, 0.25) is 0 Å². The average molecular weight is 887 g/mol. The van der Waals surface area contributed by atoms with E-state index in [0.717, 1.165) is 128 Å². The van der Waals surface area contributed by atoms with Gasteiger partial charge in [-0.05, 0) is 96.3 Å². The second-order valence-corrected chi connectivity index (χ2v) is 16.8. The largest absolute Gasteiger partial charge is 0.462 e. The highest BCUT2D eigenvalue weighted by Crippen LogP contribution is 2.13. The molecule has 64 heavy (non-hydrogen) atoms. The molecule has 0 aromatic rings. The normalized spacial score (nSPS) is 13.0. The van der Waals surface area contributed by atoms with Gasteiger partial charge in [0, 0.05) is 19.3 Å². The van der Waals surface area contributed by atoms with Crippen LogP contribution >= 0.6 is 0 Å². The van der Waals surface area contributed by atoms with E-state index in [-0.39, 0.29) is 37.5 Å². The maximum Gasteiger partial charge on any atom is 0.306 e. The highest BCUT2D eigenvalue weighted by atomic mass is 16.6. The van der Waals surface area contributed by atoms with Crippen LogP contribution in [-0.2, 0) is 28.6 Å². The van der Waals surface area contributed by atoms with Crippen molar-refractivity contribution in [3.05, 3.63) is 109 Å². The maximum atomic E-state index is 12.8. The zero-order chi connectivity index (χ0) is 46.5. The number of hydrogen-bond donors (Lipinski definition) is 0. The maximum absolute atomic E-state index is 12.8. The number of ether oxygens (including phenoxy) is 3. The average Bonchev–Trinajstić information content (AvgIpc) is 3.29. The first kappa shape index (κ1) is 60.1. The molecular weight excluding hydrogens is 793 g/mol. The van der Waals surface area contributed by atoms with Gasteiger partial charge in [0.1, 0.15) is 13.2 Å². The van der Waals surface area contributed by atoms with Gasteiger partial charge in [0.05, 0.1) is 0 Å². The molecule has 0 saturated heterocycles. The lowest BCUT2D eigenvalue weighted by Gasteiger charge is -2.18. The number of allylic oxidation sites excluding steroid dienone is 18. The van der Waals surface area contributed by atoms with Crippen molar-refractivity contribution in [3.8, 4) is 0 Å². The van der Waals surface area contributed by atoms with E-state index in [0.29, 0.717) is 12.8 Å². The van der Waals surface area contributed by atoms with Gasteiger partial charge in [-0.3, -0.25) is 14.4 Å². The first-order chi connectivity index (χ1) is 31.5. The van der Waals surface area contributed by atoms with Crippen LogP contribution in [0.4, 0.5) is 0 Å². The zero-order valence-corrected chi connectivity index (χ0v) is 41.3. The molecule has 0 bridgehead atoms. The highest BCUT2D eigenvalue weighted by molar-refractivity contribution is 5.71. The second-order valence-electron chi connectivity index (χ2n) is 16.8. The third-order valence-corrected chi connectivity index (χ3v) is 10.6. The van der Waals surface area contributed by atoms with E-state index in [2.05, 4.69) is 99.8 Å². The Bertz CT molecular complexity index is 1340. The quantitative estimate of drug-likeness (QED) is 0.0199. The Balaban J connectivity index is 4.51. The van der Waals surface area contributed by atoms with Crippen molar-refractivity contribution in [2.24, 2.45) is 0 Å². The van der Waals surface area contributed by atoms with E-state index in [1.165, 1.54) is 51.4 Å². The van der Waals surface area contributed by atoms with Crippen molar-refractivity contribution in [2.45, 2.75) is 226 Å². The van der Waals surface area contributed by atoms with Crippen molar-refractivity contribution < 1.29 is 28.6 Å². The first-order valence-electron chi connectivity index (χ1n) is 26.0. The van der Waals surface area contributed by atoms with Gasteiger partial charge in [-0.1, -0.05) is 214 Å². The van der Waals surface area contributed by atoms with E-state index in [9.17, 15) is 14.4 Å². The van der Waals surface area contributed by atoms with Crippen LogP contribution in [0.25, 0.3) is 0 Å². The smallest absolute Gasteiger partial charge is 0.306 e. The molecule has 1 atom stereocenters. The Hall–Kier alpha value is -3.93. The fourth-order valence-electron chi connectivity index (χ4n) is 6.72. The summed E-state index contributed by atoms with van der Waals surface area (Å²) in [6.07, 6.45) is 69.2. The monoisotopic (exact) mass is 887 g/mol. The van der Waals surface area contributed by atoms with Gasteiger partial charge in [-0.2, -0.15) is 0 Å². The molecule has 0 aromatic heterocycles. The van der Waals surface area contributed by atoms with Gasteiger partial charge in [0.15, 0.2) is 6.10 Å². The molecule has 0 aliphatic rings. The minimum Gasteiger partial charge on any atom is -0.462 e. The number of hydrogen-bond acceptors (Lipinski definition) is 6. The molecule has 0 spiro atoms. The van der Waals surface area contributed by atoms with Gasteiger partial charge in [-0.15, -0.1) is 0 Å². The summed E-state index contributed by atoms with van der Waals surface area (Å²) in [4.78, 5) is 38.0. The van der Waals surface area contributed by atoms with E-state index in [1.54, 1.807) is 0 Å². The van der Waals surface area contributed by atoms with Crippen LogP contribution in [-0.4, -0.2) is 37.2 Å². The van der Waals surface area contributed by atoms with Crippen LogP contribution in [0.2, 0.25) is 0 Å². The first-order valence-corrected chi connectivity index (χ1v) is 26.0. The minimum absolute atomic E-state index is 0.106. The van der Waals surface area contributed by atoms with Crippen LogP contribution in [0.15, 0.2) is 109 Å². The fourth-order valence-corrected chi connectivity index (χ4v) is 6.72. The van der Waals surface area contributed by atoms with E-state index < -0.39 is 6.10 Å². The molecule has 0 saturated carbocycles. The second kappa shape index (κ2) is 51.7. The molecule has 0 amide bonds. The Morgan fingerprint density at radius 2 is 0.703 bits per heavy atom. The van der Waals surface area contributed by atoms with Crippen LogP contribution < -0.4 is 0 Å². The highest BCUT2D eigenvalue weighted by Gasteiger charge is 2.19. The number of unbranched alkanes of at least 4 members (excludes halogenated alkanes) is 20. The zero-order valence-electron chi connectivity index (χ0n) is 41.3. The van der Waals surface area contributed by atoms with Crippen molar-refractivity contribution in [1.29, 1.82) is 0 Å². The molecule has 0 fully saturated rings. The van der Waals surface area contributed by atoms with Crippen LogP contribution in [0.1, 0.15) is 220 Å². The molecule has 362 valence electrons. The summed E-state index contributed by atoms with van der Waals surface area (Å²) >= 11 is 0. The van der Waals surface area contributed by atoms with Crippen LogP contribution in [0.3, 0.4) is 0 Å². The SMILES string of the molecule is CC/C=C\C/C=C\C/C=C\CCCCCCC(=O)OC(COC(=O)CCCCC/C=C\CCCCCCCCC)COC(=O)CCCCCCC\C=C/C=C\C=C/C=C\C=C/CCC. The number of carbonyl (C=O) groups is 3. The van der Waals surface area contributed by atoms with Crippen molar-refractivity contribution in [3.63, 3.8) is 0 Å². The minimum atomic E-state index is -0.808. The van der Waals surface area contributed by atoms with Gasteiger partial charge in [0.25, 0.3) is 0 Å². The molecule has 0 rings (SSSR count). The molecule has 6 heteroatoms. The topological polar surface area (TPSA) is 78.9 Å². The van der Waals surface area contributed by atoms with Gasteiger partial charge >= 0.3 is 17.9 Å². The Labute approximate surface area is 393 Å². The van der Waals surface area contributed by atoms with Crippen molar-refractivity contribution >= 4 is 17.9 Å². The van der Waals surface area contributed by atoms with Crippen molar-refractivity contribution in [1.82, 2.24) is 0 Å². The summed E-state index contributed by atoms with van der Waals surface area (Å²) in [7, 11) is 0. The fraction of sp³-hybridized carbons (Fsp3) is 0.638.